The summed E-state index contributed by atoms with van der Waals surface area (Å²) in [6.07, 6.45) is 3.24. The summed E-state index contributed by atoms with van der Waals surface area (Å²) in [6.45, 7) is 5.47. The van der Waals surface area contributed by atoms with Crippen molar-refractivity contribution in [2.24, 2.45) is 0 Å². The largest absolute Gasteiger partial charge is 0.388 e. The zero-order valence-corrected chi connectivity index (χ0v) is 7.70. The predicted octanol–water partition coefficient (Wildman–Crippen LogP) is 1.58. The lowest BCUT2D eigenvalue weighted by atomic mass is 10.1. The molecule has 13 heavy (non-hydrogen) atoms. The molecule has 1 unspecified atom stereocenters. The van der Waals surface area contributed by atoms with Gasteiger partial charge in [0.25, 0.3) is 0 Å². The molecule has 0 saturated heterocycles. The van der Waals surface area contributed by atoms with Crippen molar-refractivity contribution < 1.29 is 5.11 Å². The molecule has 1 heterocycles. The molecule has 3 nitrogen and oxygen atoms in total. The average Bonchev–Trinajstić information content (AvgIpc) is 2.09. The van der Waals surface area contributed by atoms with Crippen LogP contribution in [0.15, 0.2) is 24.9 Å². The topological polar surface area (TPSA) is 59.1 Å². The second-order valence-corrected chi connectivity index (χ2v) is 3.03. The lowest BCUT2D eigenvalue weighted by molar-refractivity contribution is 0.182. The number of hydrogen-bond donors (Lipinski definition) is 2. The smallest absolute Gasteiger partial charge is 0.129 e. The summed E-state index contributed by atoms with van der Waals surface area (Å²) in [4.78, 5) is 3.97. The Labute approximate surface area is 77.9 Å². The van der Waals surface area contributed by atoms with E-state index in [0.717, 1.165) is 5.56 Å². The van der Waals surface area contributed by atoms with Crippen LogP contribution in [0.4, 0.5) is 5.82 Å². The quantitative estimate of drug-likeness (QED) is 0.691. The van der Waals surface area contributed by atoms with Gasteiger partial charge in [0.15, 0.2) is 0 Å². The number of nitrogens with two attached hydrogens (primary N) is 1. The van der Waals surface area contributed by atoms with Gasteiger partial charge in [-0.2, -0.15) is 0 Å². The van der Waals surface area contributed by atoms with Gasteiger partial charge < -0.3 is 10.8 Å². The van der Waals surface area contributed by atoms with Gasteiger partial charge in [0.1, 0.15) is 5.82 Å². The highest BCUT2D eigenvalue weighted by atomic mass is 16.3. The summed E-state index contributed by atoms with van der Waals surface area (Å²) in [5, 5.41) is 9.63. The van der Waals surface area contributed by atoms with Crippen LogP contribution in [-0.4, -0.2) is 10.1 Å². The lowest BCUT2D eigenvalue weighted by Gasteiger charge is -2.10. The van der Waals surface area contributed by atoms with Gasteiger partial charge in [-0.05, 0) is 25.0 Å². The Morgan fingerprint density at radius 3 is 3.08 bits per heavy atom. The molecule has 70 valence electrons. The van der Waals surface area contributed by atoms with Crippen LogP contribution < -0.4 is 5.73 Å². The van der Waals surface area contributed by atoms with Crippen LogP contribution in [-0.2, 0) is 0 Å². The lowest BCUT2D eigenvalue weighted by Crippen LogP contribution is -2.03. The van der Waals surface area contributed by atoms with Gasteiger partial charge in [0.2, 0.25) is 0 Å². The maximum Gasteiger partial charge on any atom is 0.129 e. The second kappa shape index (κ2) is 4.05. The molecule has 0 aromatic carbocycles. The zero-order chi connectivity index (χ0) is 9.84. The van der Waals surface area contributed by atoms with Gasteiger partial charge in [-0.15, -0.1) is 6.58 Å². The molecule has 1 rings (SSSR count). The molecular weight excluding hydrogens is 164 g/mol. The number of hydrogen-bond acceptors (Lipinski definition) is 3. The number of nitrogen functional groups attached to an aromatic ring is 1. The number of nitrogens with zero attached hydrogens (tertiary/aromatic N) is 1. The first-order valence-corrected chi connectivity index (χ1v) is 4.16. The first-order valence-electron chi connectivity index (χ1n) is 4.16. The zero-order valence-electron chi connectivity index (χ0n) is 7.70. The second-order valence-electron chi connectivity index (χ2n) is 3.03. The van der Waals surface area contributed by atoms with Crippen molar-refractivity contribution in [1.29, 1.82) is 0 Å². The fourth-order valence-electron chi connectivity index (χ4n) is 1.15. The molecule has 1 aromatic heterocycles. The Morgan fingerprint density at radius 2 is 2.46 bits per heavy atom. The van der Waals surface area contributed by atoms with Gasteiger partial charge in [0.05, 0.1) is 6.10 Å². The molecule has 0 aliphatic heterocycles. The van der Waals surface area contributed by atoms with Crippen molar-refractivity contribution >= 4 is 5.82 Å². The van der Waals surface area contributed by atoms with Crippen molar-refractivity contribution in [3.8, 4) is 0 Å². The number of aryl methyl sites for hydroxylation is 1. The van der Waals surface area contributed by atoms with Crippen LogP contribution in [0.25, 0.3) is 0 Å². The summed E-state index contributed by atoms with van der Waals surface area (Å²) in [6, 6.07) is 1.84. The van der Waals surface area contributed by atoms with Crippen LogP contribution in [0, 0.1) is 6.92 Å². The Kier molecular flexibility index (Phi) is 3.03. The number of aliphatic hydroxyl groups is 1. The highest BCUT2D eigenvalue weighted by Crippen LogP contribution is 2.22. The Bertz CT molecular complexity index is 310. The fraction of sp³-hybridized carbons (Fsp3) is 0.300. The standard InChI is InChI=1S/C10H14N2O/c1-3-4-9(13)8-5-7(2)6-12-10(8)11/h3,5-6,9,13H,1,4H2,2H3,(H2,11,12). The number of rotatable bonds is 3. The van der Waals surface area contributed by atoms with E-state index in [1.165, 1.54) is 0 Å². The van der Waals surface area contributed by atoms with Crippen LogP contribution >= 0.6 is 0 Å². The number of anilines is 1. The van der Waals surface area contributed by atoms with E-state index in [4.69, 9.17) is 5.73 Å². The third kappa shape index (κ3) is 2.29. The van der Waals surface area contributed by atoms with Crippen molar-refractivity contribution in [2.45, 2.75) is 19.4 Å². The number of pyridine rings is 1. The molecule has 0 aliphatic carbocycles. The van der Waals surface area contributed by atoms with Gasteiger partial charge in [-0.25, -0.2) is 4.98 Å². The average molecular weight is 178 g/mol. The first kappa shape index (κ1) is 9.74. The minimum absolute atomic E-state index is 0.389. The molecule has 0 bridgehead atoms. The number of aliphatic hydroxyl groups excluding tert-OH is 1. The summed E-state index contributed by atoms with van der Waals surface area (Å²) >= 11 is 0. The van der Waals surface area contributed by atoms with Crippen molar-refractivity contribution in [3.05, 3.63) is 36.0 Å². The number of aromatic nitrogens is 1. The normalized spacial score (nSPS) is 12.5. The fourth-order valence-corrected chi connectivity index (χ4v) is 1.15. The molecule has 0 fully saturated rings. The van der Waals surface area contributed by atoms with E-state index < -0.39 is 6.10 Å². The summed E-state index contributed by atoms with van der Waals surface area (Å²) in [5.74, 6) is 0.389. The molecule has 0 spiro atoms. The first-order chi connectivity index (χ1) is 6.15. The van der Waals surface area contributed by atoms with Gasteiger partial charge in [0, 0.05) is 11.8 Å². The molecule has 0 amide bonds. The summed E-state index contributed by atoms with van der Waals surface area (Å²) in [5.41, 5.74) is 7.29. The monoisotopic (exact) mass is 178 g/mol. The van der Waals surface area contributed by atoms with Crippen molar-refractivity contribution in [3.63, 3.8) is 0 Å². The SMILES string of the molecule is C=CCC(O)c1cc(C)cnc1N. The van der Waals surface area contributed by atoms with Crippen LogP contribution in [0.1, 0.15) is 23.7 Å². The van der Waals surface area contributed by atoms with E-state index in [2.05, 4.69) is 11.6 Å². The van der Waals surface area contributed by atoms with E-state index in [1.807, 2.05) is 13.0 Å². The van der Waals surface area contributed by atoms with E-state index in [9.17, 15) is 5.11 Å². The third-order valence-electron chi connectivity index (χ3n) is 1.84. The Balaban J connectivity index is 2.97. The Morgan fingerprint density at radius 1 is 1.77 bits per heavy atom. The molecule has 0 aliphatic rings. The van der Waals surface area contributed by atoms with Gasteiger partial charge in [-0.3, -0.25) is 0 Å². The van der Waals surface area contributed by atoms with Crippen molar-refractivity contribution in [1.82, 2.24) is 4.98 Å². The molecule has 1 atom stereocenters. The maximum atomic E-state index is 9.63. The van der Waals surface area contributed by atoms with E-state index in [0.29, 0.717) is 17.8 Å². The molecule has 0 radical (unpaired) electrons. The van der Waals surface area contributed by atoms with Crippen molar-refractivity contribution in [2.75, 3.05) is 5.73 Å². The summed E-state index contributed by atoms with van der Waals surface area (Å²) < 4.78 is 0. The highest BCUT2D eigenvalue weighted by Gasteiger charge is 2.09. The predicted molar refractivity (Wildman–Crippen MR) is 53.2 cm³/mol. The molecule has 1 aromatic rings. The Hall–Kier alpha value is -1.35. The van der Waals surface area contributed by atoms with E-state index in [-0.39, 0.29) is 0 Å². The third-order valence-corrected chi connectivity index (χ3v) is 1.84. The van der Waals surface area contributed by atoms with E-state index >= 15 is 0 Å². The summed E-state index contributed by atoms with van der Waals surface area (Å²) in [7, 11) is 0. The molecule has 3 N–H and O–H groups in total. The van der Waals surface area contributed by atoms with Gasteiger partial charge in [-0.1, -0.05) is 6.08 Å². The highest BCUT2D eigenvalue weighted by molar-refractivity contribution is 5.42. The minimum Gasteiger partial charge on any atom is -0.388 e. The van der Waals surface area contributed by atoms with Crippen LogP contribution in [0.2, 0.25) is 0 Å². The van der Waals surface area contributed by atoms with Crippen LogP contribution in [0.3, 0.4) is 0 Å². The molecule has 3 heteroatoms. The van der Waals surface area contributed by atoms with Gasteiger partial charge >= 0.3 is 0 Å². The van der Waals surface area contributed by atoms with Crippen LogP contribution in [0.5, 0.6) is 0 Å². The maximum absolute atomic E-state index is 9.63. The molecule has 0 saturated carbocycles. The molecular formula is C10H14N2O. The minimum atomic E-state index is -0.593. The van der Waals surface area contributed by atoms with E-state index in [1.54, 1.807) is 12.3 Å².